The number of hydrogen-bond donors (Lipinski definition) is 2. The molecule has 2 rings (SSSR count). The molecule has 0 aliphatic carbocycles. The summed E-state index contributed by atoms with van der Waals surface area (Å²) in [6.07, 6.45) is 5.04. The number of carbonyl (C=O) groups is 1. The van der Waals surface area contributed by atoms with Crippen molar-refractivity contribution >= 4 is 6.03 Å². The lowest BCUT2D eigenvalue weighted by Crippen LogP contribution is -2.45. The van der Waals surface area contributed by atoms with E-state index in [1.54, 1.807) is 0 Å². The molecule has 2 aliphatic heterocycles. The van der Waals surface area contributed by atoms with Gasteiger partial charge in [-0.05, 0) is 45.2 Å². The highest BCUT2D eigenvalue weighted by Gasteiger charge is 2.33. The second-order valence-electron chi connectivity index (χ2n) is 5.23. The first-order chi connectivity index (χ1) is 8.83. The monoisotopic (exact) mass is 255 g/mol. The maximum Gasteiger partial charge on any atom is 0.320 e. The molecular formula is C13H25N3O2. The lowest BCUT2D eigenvalue weighted by atomic mass is 10.1. The van der Waals surface area contributed by atoms with Crippen LogP contribution in [0.2, 0.25) is 0 Å². The fraction of sp³-hybridized carbons (Fsp3) is 0.923. The maximum absolute atomic E-state index is 12.3. The Kier molecular flexibility index (Phi) is 5.26. The summed E-state index contributed by atoms with van der Waals surface area (Å²) in [5.74, 6) is 0. The number of amides is 2. The lowest BCUT2D eigenvalue weighted by molar-refractivity contribution is 0.165. The summed E-state index contributed by atoms with van der Waals surface area (Å²) < 4.78 is 0. The molecule has 0 spiro atoms. The van der Waals surface area contributed by atoms with Crippen LogP contribution in [0.5, 0.6) is 0 Å². The third-order valence-corrected chi connectivity index (χ3v) is 3.96. The Bertz CT molecular complexity index is 267. The SMILES string of the molecule is O=C1N(CCCCCO)CCN1C1CCNCC1. The molecule has 18 heavy (non-hydrogen) atoms. The van der Waals surface area contributed by atoms with E-state index in [9.17, 15) is 4.79 Å². The van der Waals surface area contributed by atoms with Crippen molar-refractivity contribution in [2.75, 3.05) is 39.3 Å². The summed E-state index contributed by atoms with van der Waals surface area (Å²) in [6, 6.07) is 0.673. The number of rotatable bonds is 6. The normalized spacial score (nSPS) is 21.9. The molecule has 0 bridgehead atoms. The molecule has 104 valence electrons. The molecule has 5 nitrogen and oxygen atoms in total. The van der Waals surface area contributed by atoms with E-state index >= 15 is 0 Å². The van der Waals surface area contributed by atoms with Gasteiger partial charge in [0, 0.05) is 32.3 Å². The maximum atomic E-state index is 12.3. The van der Waals surface area contributed by atoms with Gasteiger partial charge < -0.3 is 20.2 Å². The van der Waals surface area contributed by atoms with Crippen LogP contribution in [-0.2, 0) is 0 Å². The zero-order valence-corrected chi connectivity index (χ0v) is 11.1. The predicted octanol–water partition coefficient (Wildman–Crippen LogP) is 0.639. The van der Waals surface area contributed by atoms with Crippen LogP contribution in [0.15, 0.2) is 0 Å². The summed E-state index contributed by atoms with van der Waals surface area (Å²) >= 11 is 0. The van der Waals surface area contributed by atoms with Gasteiger partial charge in [0.15, 0.2) is 0 Å². The smallest absolute Gasteiger partial charge is 0.320 e. The molecule has 5 heteroatoms. The third-order valence-electron chi connectivity index (χ3n) is 3.96. The number of hydrogen-bond acceptors (Lipinski definition) is 3. The van der Waals surface area contributed by atoms with Crippen LogP contribution in [0, 0.1) is 0 Å². The van der Waals surface area contributed by atoms with E-state index in [2.05, 4.69) is 10.2 Å². The van der Waals surface area contributed by atoms with E-state index < -0.39 is 0 Å². The van der Waals surface area contributed by atoms with Gasteiger partial charge in [0.2, 0.25) is 0 Å². The van der Waals surface area contributed by atoms with Crippen LogP contribution < -0.4 is 5.32 Å². The second kappa shape index (κ2) is 6.95. The van der Waals surface area contributed by atoms with Crippen molar-refractivity contribution in [3.63, 3.8) is 0 Å². The Morgan fingerprint density at radius 2 is 1.94 bits per heavy atom. The van der Waals surface area contributed by atoms with Crippen molar-refractivity contribution in [2.24, 2.45) is 0 Å². The highest BCUT2D eigenvalue weighted by atomic mass is 16.3. The minimum Gasteiger partial charge on any atom is -0.396 e. The summed E-state index contributed by atoms with van der Waals surface area (Å²) in [5, 5.41) is 12.1. The lowest BCUT2D eigenvalue weighted by Gasteiger charge is -2.31. The van der Waals surface area contributed by atoms with Gasteiger partial charge in [-0.1, -0.05) is 0 Å². The fourth-order valence-corrected chi connectivity index (χ4v) is 2.86. The summed E-state index contributed by atoms with van der Waals surface area (Å²) in [4.78, 5) is 16.3. The number of aliphatic hydroxyl groups excluding tert-OH is 1. The number of nitrogens with one attached hydrogen (secondary N) is 1. The van der Waals surface area contributed by atoms with Crippen molar-refractivity contribution in [2.45, 2.75) is 38.1 Å². The number of piperidine rings is 1. The van der Waals surface area contributed by atoms with E-state index in [0.717, 1.165) is 64.8 Å². The van der Waals surface area contributed by atoms with E-state index in [4.69, 9.17) is 5.11 Å². The minimum absolute atomic E-state index is 0.228. The number of carbonyl (C=O) groups excluding carboxylic acids is 1. The summed E-state index contributed by atoms with van der Waals surface area (Å²) in [5.41, 5.74) is 0. The Hall–Kier alpha value is -0.810. The van der Waals surface area contributed by atoms with Gasteiger partial charge in [-0.3, -0.25) is 0 Å². The second-order valence-corrected chi connectivity index (χ2v) is 5.23. The molecule has 2 heterocycles. The number of urea groups is 1. The predicted molar refractivity (Wildman–Crippen MR) is 70.5 cm³/mol. The van der Waals surface area contributed by atoms with Crippen LogP contribution in [0.25, 0.3) is 0 Å². The number of unbranched alkanes of at least 4 members (excludes halogenated alkanes) is 2. The molecule has 2 saturated heterocycles. The topological polar surface area (TPSA) is 55.8 Å². The van der Waals surface area contributed by atoms with Crippen LogP contribution in [0.1, 0.15) is 32.1 Å². The molecule has 0 unspecified atom stereocenters. The van der Waals surface area contributed by atoms with Crippen LogP contribution in [0.4, 0.5) is 4.79 Å². The molecular weight excluding hydrogens is 230 g/mol. The summed E-state index contributed by atoms with van der Waals surface area (Å²) in [7, 11) is 0. The Morgan fingerprint density at radius 3 is 2.67 bits per heavy atom. The van der Waals surface area contributed by atoms with Gasteiger partial charge in [-0.15, -0.1) is 0 Å². The quantitative estimate of drug-likeness (QED) is 0.685. The van der Waals surface area contributed by atoms with E-state index in [0.29, 0.717) is 6.04 Å². The molecule has 0 radical (unpaired) electrons. The highest BCUT2D eigenvalue weighted by Crippen LogP contribution is 2.19. The number of aliphatic hydroxyl groups is 1. The third kappa shape index (κ3) is 3.36. The van der Waals surface area contributed by atoms with Gasteiger partial charge in [0.05, 0.1) is 0 Å². The van der Waals surface area contributed by atoms with Crippen LogP contribution in [0.3, 0.4) is 0 Å². The largest absolute Gasteiger partial charge is 0.396 e. The van der Waals surface area contributed by atoms with Crippen molar-refractivity contribution in [3.8, 4) is 0 Å². The molecule has 0 aromatic heterocycles. The molecule has 0 aromatic rings. The molecule has 0 aromatic carbocycles. The molecule has 2 aliphatic rings. The Labute approximate surface area is 109 Å². The summed E-state index contributed by atoms with van der Waals surface area (Å²) in [6.45, 7) is 4.94. The first-order valence-corrected chi connectivity index (χ1v) is 7.20. The molecule has 2 fully saturated rings. The first kappa shape index (κ1) is 13.6. The van der Waals surface area contributed by atoms with Crippen LogP contribution >= 0.6 is 0 Å². The molecule has 2 amide bonds. The van der Waals surface area contributed by atoms with Crippen molar-refractivity contribution in [1.82, 2.24) is 15.1 Å². The number of nitrogens with zero attached hydrogens (tertiary/aromatic N) is 2. The Balaban J connectivity index is 1.74. The molecule has 0 saturated carbocycles. The molecule has 2 N–H and O–H groups in total. The van der Waals surface area contributed by atoms with E-state index in [-0.39, 0.29) is 12.6 Å². The molecule has 0 atom stereocenters. The Morgan fingerprint density at radius 1 is 1.17 bits per heavy atom. The van der Waals surface area contributed by atoms with Crippen molar-refractivity contribution in [3.05, 3.63) is 0 Å². The van der Waals surface area contributed by atoms with Crippen molar-refractivity contribution in [1.29, 1.82) is 0 Å². The van der Waals surface area contributed by atoms with Crippen molar-refractivity contribution < 1.29 is 9.90 Å². The van der Waals surface area contributed by atoms with Gasteiger partial charge in [0.25, 0.3) is 0 Å². The average Bonchev–Trinajstić information content (AvgIpc) is 2.77. The minimum atomic E-state index is 0.228. The highest BCUT2D eigenvalue weighted by molar-refractivity contribution is 5.76. The van der Waals surface area contributed by atoms with E-state index in [1.807, 2.05) is 4.90 Å². The van der Waals surface area contributed by atoms with E-state index in [1.165, 1.54) is 0 Å². The van der Waals surface area contributed by atoms with Gasteiger partial charge in [0.1, 0.15) is 0 Å². The zero-order valence-electron chi connectivity index (χ0n) is 11.1. The standard InChI is InChI=1S/C13H25N3O2/c17-11-3-1-2-8-15-9-10-16(13(15)18)12-4-6-14-7-5-12/h12,14,17H,1-11H2. The van der Waals surface area contributed by atoms with Gasteiger partial charge in [-0.25, -0.2) is 4.79 Å². The zero-order chi connectivity index (χ0) is 12.8. The average molecular weight is 255 g/mol. The van der Waals surface area contributed by atoms with Crippen LogP contribution in [-0.4, -0.2) is 66.3 Å². The fourth-order valence-electron chi connectivity index (χ4n) is 2.86. The first-order valence-electron chi connectivity index (χ1n) is 7.20. The van der Waals surface area contributed by atoms with Gasteiger partial charge in [-0.2, -0.15) is 0 Å². The van der Waals surface area contributed by atoms with Gasteiger partial charge >= 0.3 is 6.03 Å².